The van der Waals surface area contributed by atoms with Crippen LogP contribution in [0.4, 0.5) is 5.82 Å². The van der Waals surface area contributed by atoms with Gasteiger partial charge in [0.05, 0.1) is 0 Å². The summed E-state index contributed by atoms with van der Waals surface area (Å²) < 4.78 is 0. The highest BCUT2D eigenvalue weighted by molar-refractivity contribution is 6.30. The molecule has 2 unspecified atom stereocenters. The van der Waals surface area contributed by atoms with Gasteiger partial charge in [-0.3, -0.25) is 0 Å². The molecule has 0 amide bonds. The van der Waals surface area contributed by atoms with E-state index < -0.39 is 0 Å². The fourth-order valence-electron chi connectivity index (χ4n) is 2.62. The van der Waals surface area contributed by atoms with Crippen LogP contribution < -0.4 is 5.32 Å². The molecule has 0 aromatic carbocycles. The van der Waals surface area contributed by atoms with Crippen molar-refractivity contribution in [1.82, 2.24) is 9.97 Å². The SMILES string of the molecule is CCc1nc(Cl)c(C)c(NC2CCCCC2CO)n1. The highest BCUT2D eigenvalue weighted by Crippen LogP contribution is 2.28. The van der Waals surface area contributed by atoms with E-state index in [1.807, 2.05) is 13.8 Å². The first kappa shape index (κ1) is 14.5. The molecule has 0 radical (unpaired) electrons. The molecule has 1 aliphatic carbocycles. The van der Waals surface area contributed by atoms with E-state index in [9.17, 15) is 5.11 Å². The Balaban J connectivity index is 2.19. The quantitative estimate of drug-likeness (QED) is 0.834. The van der Waals surface area contributed by atoms with Crippen LogP contribution in [0, 0.1) is 12.8 Å². The van der Waals surface area contributed by atoms with Gasteiger partial charge in [0.25, 0.3) is 0 Å². The van der Waals surface area contributed by atoms with E-state index in [0.29, 0.717) is 11.1 Å². The summed E-state index contributed by atoms with van der Waals surface area (Å²) in [6.45, 7) is 4.18. The van der Waals surface area contributed by atoms with Crippen LogP contribution in [0.2, 0.25) is 5.15 Å². The lowest BCUT2D eigenvalue weighted by molar-refractivity contribution is 0.178. The molecule has 4 nitrogen and oxygen atoms in total. The fourth-order valence-corrected chi connectivity index (χ4v) is 2.81. The zero-order valence-electron chi connectivity index (χ0n) is 11.6. The standard InChI is InChI=1S/C14H22ClN3O/c1-3-12-17-13(15)9(2)14(18-12)16-11-7-5-4-6-10(11)8-19/h10-11,19H,3-8H2,1-2H3,(H,16,17,18). The highest BCUT2D eigenvalue weighted by Gasteiger charge is 2.25. The first-order valence-electron chi connectivity index (χ1n) is 7.06. The van der Waals surface area contributed by atoms with Crippen molar-refractivity contribution in [3.05, 3.63) is 16.5 Å². The number of aromatic nitrogens is 2. The van der Waals surface area contributed by atoms with Gasteiger partial charge in [-0.15, -0.1) is 0 Å². The molecule has 106 valence electrons. The molecule has 2 atom stereocenters. The number of aliphatic hydroxyl groups excluding tert-OH is 1. The normalized spacial score (nSPS) is 23.4. The van der Waals surface area contributed by atoms with E-state index in [2.05, 4.69) is 15.3 Å². The summed E-state index contributed by atoms with van der Waals surface area (Å²) in [5.74, 6) is 1.89. The van der Waals surface area contributed by atoms with E-state index in [1.165, 1.54) is 12.8 Å². The molecule has 19 heavy (non-hydrogen) atoms. The molecule has 1 saturated carbocycles. The summed E-state index contributed by atoms with van der Waals surface area (Å²) in [6, 6.07) is 0.285. The second-order valence-electron chi connectivity index (χ2n) is 5.24. The predicted octanol–water partition coefficient (Wildman–Crippen LogP) is 2.96. The van der Waals surface area contributed by atoms with E-state index in [4.69, 9.17) is 11.6 Å². The monoisotopic (exact) mass is 283 g/mol. The molecule has 5 heteroatoms. The van der Waals surface area contributed by atoms with Crippen LogP contribution in [0.5, 0.6) is 0 Å². The molecule has 1 aromatic rings. The maximum Gasteiger partial charge on any atom is 0.137 e. The zero-order chi connectivity index (χ0) is 13.8. The number of hydrogen-bond donors (Lipinski definition) is 2. The molecular weight excluding hydrogens is 262 g/mol. The number of rotatable bonds is 4. The van der Waals surface area contributed by atoms with Gasteiger partial charge in [0.15, 0.2) is 0 Å². The van der Waals surface area contributed by atoms with Gasteiger partial charge in [0.2, 0.25) is 0 Å². The van der Waals surface area contributed by atoms with Gasteiger partial charge in [-0.25, -0.2) is 9.97 Å². The zero-order valence-corrected chi connectivity index (χ0v) is 12.4. The molecule has 1 aromatic heterocycles. The van der Waals surface area contributed by atoms with E-state index in [0.717, 1.165) is 36.5 Å². The van der Waals surface area contributed by atoms with Gasteiger partial charge in [-0.2, -0.15) is 0 Å². The molecule has 1 heterocycles. The summed E-state index contributed by atoms with van der Waals surface area (Å²) in [5, 5.41) is 13.5. The van der Waals surface area contributed by atoms with Gasteiger partial charge in [-0.05, 0) is 19.8 Å². The van der Waals surface area contributed by atoms with Gasteiger partial charge < -0.3 is 10.4 Å². The molecule has 0 spiro atoms. The Morgan fingerprint density at radius 1 is 1.32 bits per heavy atom. The Kier molecular flexibility index (Phi) is 4.99. The summed E-state index contributed by atoms with van der Waals surface area (Å²) in [5.41, 5.74) is 0.890. The van der Waals surface area contributed by atoms with E-state index in [1.54, 1.807) is 0 Å². The van der Waals surface area contributed by atoms with Crippen LogP contribution >= 0.6 is 11.6 Å². The van der Waals surface area contributed by atoms with Crippen LogP contribution in [0.25, 0.3) is 0 Å². The fraction of sp³-hybridized carbons (Fsp3) is 0.714. The Morgan fingerprint density at radius 2 is 2.05 bits per heavy atom. The maximum absolute atomic E-state index is 9.47. The van der Waals surface area contributed by atoms with Gasteiger partial charge >= 0.3 is 0 Å². The highest BCUT2D eigenvalue weighted by atomic mass is 35.5. The number of hydrogen-bond acceptors (Lipinski definition) is 4. The summed E-state index contributed by atoms with van der Waals surface area (Å²) in [7, 11) is 0. The molecular formula is C14H22ClN3O. The molecule has 0 saturated heterocycles. The van der Waals surface area contributed by atoms with Crippen molar-refractivity contribution in [1.29, 1.82) is 0 Å². The third-order valence-corrected chi connectivity index (χ3v) is 4.28. The predicted molar refractivity (Wildman–Crippen MR) is 77.6 cm³/mol. The lowest BCUT2D eigenvalue weighted by Gasteiger charge is -2.31. The number of aliphatic hydroxyl groups is 1. The molecule has 2 N–H and O–H groups in total. The maximum atomic E-state index is 9.47. The number of nitrogens with zero attached hydrogens (tertiary/aromatic N) is 2. The lowest BCUT2D eigenvalue weighted by Crippen LogP contribution is -2.35. The van der Waals surface area contributed by atoms with Crippen molar-refractivity contribution in [2.45, 2.75) is 52.0 Å². The number of aryl methyl sites for hydroxylation is 1. The van der Waals surface area contributed by atoms with E-state index >= 15 is 0 Å². The second-order valence-corrected chi connectivity index (χ2v) is 5.59. The third kappa shape index (κ3) is 3.37. The first-order valence-corrected chi connectivity index (χ1v) is 7.44. The average Bonchev–Trinajstić information content (AvgIpc) is 2.44. The summed E-state index contributed by atoms with van der Waals surface area (Å²) in [4.78, 5) is 8.78. The molecule has 1 fully saturated rings. The smallest absolute Gasteiger partial charge is 0.137 e. The lowest BCUT2D eigenvalue weighted by atomic mass is 9.85. The van der Waals surface area contributed by atoms with Gasteiger partial charge in [-0.1, -0.05) is 31.4 Å². The van der Waals surface area contributed by atoms with Gasteiger partial charge in [0, 0.05) is 30.6 Å². The minimum atomic E-state index is 0.232. The Morgan fingerprint density at radius 3 is 2.74 bits per heavy atom. The van der Waals surface area contributed by atoms with Crippen molar-refractivity contribution in [2.75, 3.05) is 11.9 Å². The van der Waals surface area contributed by atoms with Crippen LogP contribution in [-0.2, 0) is 6.42 Å². The summed E-state index contributed by atoms with van der Waals surface area (Å²) >= 11 is 6.15. The molecule has 0 bridgehead atoms. The first-order chi connectivity index (χ1) is 9.15. The number of nitrogens with one attached hydrogen (secondary N) is 1. The number of anilines is 1. The van der Waals surface area contributed by atoms with Crippen LogP contribution in [-0.4, -0.2) is 27.7 Å². The van der Waals surface area contributed by atoms with Crippen molar-refractivity contribution >= 4 is 17.4 Å². The van der Waals surface area contributed by atoms with Crippen molar-refractivity contribution in [2.24, 2.45) is 5.92 Å². The molecule has 1 aliphatic rings. The Labute approximate surface area is 119 Å². The molecule has 2 rings (SSSR count). The largest absolute Gasteiger partial charge is 0.396 e. The van der Waals surface area contributed by atoms with Crippen LogP contribution in [0.3, 0.4) is 0 Å². The minimum absolute atomic E-state index is 0.232. The van der Waals surface area contributed by atoms with Crippen molar-refractivity contribution in [3.63, 3.8) is 0 Å². The minimum Gasteiger partial charge on any atom is -0.396 e. The third-order valence-electron chi connectivity index (χ3n) is 3.91. The Bertz CT molecular complexity index is 439. The number of halogens is 1. The van der Waals surface area contributed by atoms with Crippen molar-refractivity contribution in [3.8, 4) is 0 Å². The van der Waals surface area contributed by atoms with Crippen molar-refractivity contribution < 1.29 is 5.11 Å². The van der Waals surface area contributed by atoms with Gasteiger partial charge in [0.1, 0.15) is 16.8 Å². The summed E-state index contributed by atoms with van der Waals surface area (Å²) in [6.07, 6.45) is 5.32. The Hall–Kier alpha value is -0.870. The van der Waals surface area contributed by atoms with E-state index in [-0.39, 0.29) is 12.6 Å². The topological polar surface area (TPSA) is 58.0 Å². The average molecular weight is 284 g/mol. The molecule has 0 aliphatic heterocycles. The van der Waals surface area contributed by atoms with Crippen LogP contribution in [0.1, 0.15) is 44.0 Å². The second kappa shape index (κ2) is 6.53. The van der Waals surface area contributed by atoms with Crippen LogP contribution in [0.15, 0.2) is 0 Å².